The van der Waals surface area contributed by atoms with Crippen molar-refractivity contribution in [2.24, 2.45) is 0 Å². The van der Waals surface area contributed by atoms with Crippen LogP contribution in [0.3, 0.4) is 0 Å². The van der Waals surface area contributed by atoms with Crippen molar-refractivity contribution >= 4 is 17.5 Å². The third kappa shape index (κ3) is 1.97. The van der Waals surface area contributed by atoms with E-state index < -0.39 is 0 Å². The Hall–Kier alpha value is -0.0200. The van der Waals surface area contributed by atoms with Gasteiger partial charge in [-0.2, -0.15) is 0 Å². The van der Waals surface area contributed by atoms with Crippen LogP contribution in [-0.4, -0.2) is 34.4 Å². The molecule has 1 fully saturated rings. The summed E-state index contributed by atoms with van der Waals surface area (Å²) >= 11 is 1.76. The molecule has 1 aliphatic heterocycles. The normalized spacial score (nSPS) is 26.4. The molecule has 0 aromatic heterocycles. The number of nitrogens with zero attached hydrogens (tertiary/aromatic N) is 1. The first-order valence-corrected chi connectivity index (χ1v) is 5.05. The van der Waals surface area contributed by atoms with Crippen LogP contribution in [0.1, 0.15) is 20.8 Å². The molecule has 0 bridgehead atoms. The van der Waals surface area contributed by atoms with Crippen molar-refractivity contribution in [2.45, 2.75) is 32.2 Å². The Kier molecular flexibility index (Phi) is 2.96. The van der Waals surface area contributed by atoms with Crippen LogP contribution in [-0.2, 0) is 4.79 Å². The van der Waals surface area contributed by atoms with Crippen LogP contribution in [0, 0.1) is 0 Å². The number of Topliss-reactive ketones (excluding diaryl/α,β-unsaturated/α-hetero) is 1. The van der Waals surface area contributed by atoms with Gasteiger partial charge in [0.2, 0.25) is 0 Å². The maximum atomic E-state index is 11.1. The van der Waals surface area contributed by atoms with Gasteiger partial charge in [-0.15, -0.1) is 11.8 Å². The van der Waals surface area contributed by atoms with E-state index in [0.29, 0.717) is 11.8 Å². The summed E-state index contributed by atoms with van der Waals surface area (Å²) in [5.74, 6) is 1.39. The van der Waals surface area contributed by atoms with E-state index in [1.165, 1.54) is 0 Å². The van der Waals surface area contributed by atoms with Crippen LogP contribution < -0.4 is 0 Å². The number of hydrogen-bond acceptors (Lipinski definition) is 3. The predicted octanol–water partition coefficient (Wildman–Crippen LogP) is 1.36. The Morgan fingerprint density at radius 2 is 2.27 bits per heavy atom. The van der Waals surface area contributed by atoms with Crippen LogP contribution in [0.15, 0.2) is 0 Å². The van der Waals surface area contributed by atoms with Crippen molar-refractivity contribution in [3.05, 3.63) is 0 Å². The molecule has 0 spiro atoms. The summed E-state index contributed by atoms with van der Waals surface area (Å²) in [5, 5.41) is 0.134. The van der Waals surface area contributed by atoms with E-state index in [1.54, 1.807) is 18.7 Å². The maximum Gasteiger partial charge on any atom is 0.157 e. The molecule has 0 aliphatic carbocycles. The van der Waals surface area contributed by atoms with E-state index in [2.05, 4.69) is 18.7 Å². The summed E-state index contributed by atoms with van der Waals surface area (Å²) < 4.78 is 0. The lowest BCUT2D eigenvalue weighted by molar-refractivity contribution is -0.119. The fourth-order valence-corrected chi connectivity index (χ4v) is 2.68. The molecule has 1 aliphatic rings. The van der Waals surface area contributed by atoms with E-state index in [1.807, 2.05) is 0 Å². The first-order valence-electron chi connectivity index (χ1n) is 4.00. The molecule has 0 amide bonds. The lowest BCUT2D eigenvalue weighted by Gasteiger charge is -2.24. The quantitative estimate of drug-likeness (QED) is 0.629. The second kappa shape index (κ2) is 3.59. The van der Waals surface area contributed by atoms with Crippen molar-refractivity contribution in [2.75, 3.05) is 12.3 Å². The van der Waals surface area contributed by atoms with Gasteiger partial charge in [0.1, 0.15) is 5.37 Å². The number of thioether (sulfide) groups is 1. The zero-order valence-corrected chi connectivity index (χ0v) is 8.15. The maximum absolute atomic E-state index is 11.1. The van der Waals surface area contributed by atoms with Crippen molar-refractivity contribution in [3.63, 3.8) is 0 Å². The minimum Gasteiger partial charge on any atom is -0.297 e. The molecule has 0 unspecified atom stereocenters. The Balaban J connectivity index is 2.58. The standard InChI is InChI=1S/C8H15NOS/c1-6(2)9-4-5-11-8(9)7(3)10/h6,8H,4-5H2,1-3H3/t8-/m0/s1. The van der Waals surface area contributed by atoms with Gasteiger partial charge in [-0.05, 0) is 20.8 Å². The molecule has 0 saturated carbocycles. The van der Waals surface area contributed by atoms with Gasteiger partial charge < -0.3 is 0 Å². The zero-order chi connectivity index (χ0) is 8.43. The van der Waals surface area contributed by atoms with Crippen LogP contribution in [0.5, 0.6) is 0 Å². The number of carbonyl (C=O) groups is 1. The largest absolute Gasteiger partial charge is 0.297 e. The lowest BCUT2D eigenvalue weighted by Crippen LogP contribution is -2.38. The monoisotopic (exact) mass is 173 g/mol. The van der Waals surface area contributed by atoms with Gasteiger partial charge in [0.05, 0.1) is 0 Å². The second-order valence-corrected chi connectivity index (χ2v) is 4.35. The Morgan fingerprint density at radius 3 is 2.64 bits per heavy atom. The predicted molar refractivity (Wildman–Crippen MR) is 48.8 cm³/mol. The molecule has 1 rings (SSSR count). The van der Waals surface area contributed by atoms with Gasteiger partial charge in [-0.25, -0.2) is 0 Å². The number of ketones is 1. The van der Waals surface area contributed by atoms with Crippen LogP contribution in [0.2, 0.25) is 0 Å². The molecule has 1 atom stereocenters. The number of rotatable bonds is 2. The first-order chi connectivity index (χ1) is 5.13. The number of carbonyl (C=O) groups excluding carboxylic acids is 1. The van der Waals surface area contributed by atoms with E-state index in [0.717, 1.165) is 12.3 Å². The molecule has 1 heterocycles. The molecule has 1 saturated heterocycles. The van der Waals surface area contributed by atoms with E-state index in [-0.39, 0.29) is 5.37 Å². The van der Waals surface area contributed by atoms with Crippen molar-refractivity contribution in [3.8, 4) is 0 Å². The highest BCUT2D eigenvalue weighted by atomic mass is 32.2. The van der Waals surface area contributed by atoms with Gasteiger partial charge >= 0.3 is 0 Å². The summed E-state index contributed by atoms with van der Waals surface area (Å²) in [5.41, 5.74) is 0. The summed E-state index contributed by atoms with van der Waals surface area (Å²) in [7, 11) is 0. The summed E-state index contributed by atoms with van der Waals surface area (Å²) in [4.78, 5) is 13.4. The Morgan fingerprint density at radius 1 is 1.64 bits per heavy atom. The highest BCUT2D eigenvalue weighted by Crippen LogP contribution is 2.25. The topological polar surface area (TPSA) is 20.3 Å². The van der Waals surface area contributed by atoms with Crippen LogP contribution in [0.4, 0.5) is 0 Å². The summed E-state index contributed by atoms with van der Waals surface area (Å²) in [6, 6.07) is 0.499. The van der Waals surface area contributed by atoms with Gasteiger partial charge in [0.15, 0.2) is 5.78 Å². The van der Waals surface area contributed by atoms with Gasteiger partial charge in [0, 0.05) is 18.3 Å². The van der Waals surface area contributed by atoms with Gasteiger partial charge in [0.25, 0.3) is 0 Å². The molecular formula is C8H15NOS. The molecular weight excluding hydrogens is 158 g/mol. The zero-order valence-electron chi connectivity index (χ0n) is 7.33. The third-order valence-corrected chi connectivity index (χ3v) is 3.27. The van der Waals surface area contributed by atoms with Crippen molar-refractivity contribution in [1.82, 2.24) is 4.90 Å². The van der Waals surface area contributed by atoms with Gasteiger partial charge in [-0.1, -0.05) is 0 Å². The average Bonchev–Trinajstić information content (AvgIpc) is 2.32. The average molecular weight is 173 g/mol. The first kappa shape index (κ1) is 9.07. The fourth-order valence-electron chi connectivity index (χ4n) is 1.36. The lowest BCUT2D eigenvalue weighted by atomic mass is 10.3. The minimum absolute atomic E-state index is 0.134. The number of hydrogen-bond donors (Lipinski definition) is 0. The smallest absolute Gasteiger partial charge is 0.157 e. The Bertz CT molecular complexity index is 158. The molecule has 3 heteroatoms. The third-order valence-electron chi connectivity index (χ3n) is 1.94. The van der Waals surface area contributed by atoms with Crippen molar-refractivity contribution in [1.29, 1.82) is 0 Å². The van der Waals surface area contributed by atoms with Crippen LogP contribution >= 0.6 is 11.8 Å². The van der Waals surface area contributed by atoms with Crippen LogP contribution in [0.25, 0.3) is 0 Å². The van der Waals surface area contributed by atoms with E-state index in [4.69, 9.17) is 0 Å². The van der Waals surface area contributed by atoms with Crippen molar-refractivity contribution < 1.29 is 4.79 Å². The molecule has 0 aromatic rings. The summed E-state index contributed by atoms with van der Waals surface area (Å²) in [6.07, 6.45) is 0. The molecule has 11 heavy (non-hydrogen) atoms. The molecule has 64 valence electrons. The molecule has 0 aromatic carbocycles. The Labute approximate surface area is 72.3 Å². The molecule has 2 nitrogen and oxygen atoms in total. The highest BCUT2D eigenvalue weighted by Gasteiger charge is 2.30. The van der Waals surface area contributed by atoms with E-state index >= 15 is 0 Å². The molecule has 0 radical (unpaired) electrons. The SMILES string of the molecule is CC(=O)[C@@H]1SCCN1C(C)C. The second-order valence-electron chi connectivity index (χ2n) is 3.17. The van der Waals surface area contributed by atoms with E-state index in [9.17, 15) is 4.79 Å². The highest BCUT2D eigenvalue weighted by molar-refractivity contribution is 8.00. The summed E-state index contributed by atoms with van der Waals surface area (Å²) in [6.45, 7) is 7.02. The minimum atomic E-state index is 0.134. The molecule has 0 N–H and O–H groups in total. The fraction of sp³-hybridized carbons (Fsp3) is 0.875. The van der Waals surface area contributed by atoms with Gasteiger partial charge in [-0.3, -0.25) is 9.69 Å².